The summed E-state index contributed by atoms with van der Waals surface area (Å²) in [6.07, 6.45) is 0. The van der Waals surface area contributed by atoms with Crippen LogP contribution in [0.5, 0.6) is 5.75 Å². The highest BCUT2D eigenvalue weighted by molar-refractivity contribution is 6.13. The Kier molecular flexibility index (Phi) is 9.33. The number of imide groups is 1. The molecule has 0 aliphatic carbocycles. The molecule has 1 N–H and O–H groups in total. The number of ether oxygens (including phenoxy) is 1. The molecule has 1 fully saturated rings. The van der Waals surface area contributed by atoms with Crippen molar-refractivity contribution >= 4 is 30.2 Å². The molecule has 5 rings (SSSR count). The van der Waals surface area contributed by atoms with E-state index in [0.29, 0.717) is 41.4 Å². The van der Waals surface area contributed by atoms with Crippen LogP contribution in [-0.2, 0) is 10.2 Å². The molecule has 1 saturated heterocycles. The lowest BCUT2D eigenvalue weighted by molar-refractivity contribution is -0.129. The number of urea groups is 1. The first-order valence-electron chi connectivity index (χ1n) is 13.8. The first-order valence-corrected chi connectivity index (χ1v) is 13.8. The van der Waals surface area contributed by atoms with Gasteiger partial charge in [0, 0.05) is 13.1 Å². The number of hydrogen-bond acceptors (Lipinski definition) is 5. The van der Waals surface area contributed by atoms with Gasteiger partial charge in [0.2, 0.25) is 5.91 Å². The molecule has 222 valence electrons. The van der Waals surface area contributed by atoms with Crippen molar-refractivity contribution in [2.75, 3.05) is 26.2 Å². The van der Waals surface area contributed by atoms with Crippen molar-refractivity contribution in [3.05, 3.63) is 101 Å². The van der Waals surface area contributed by atoms with E-state index in [9.17, 15) is 18.4 Å². The van der Waals surface area contributed by atoms with E-state index in [2.05, 4.69) is 26.1 Å². The SMILES string of the molecule is CCOc1cc(C(C)(C)C)ccc1C1=N[C@@H](c2ccc(F)cc2)[C@@H](c2ccc(F)cc2)N1C(=O)N1CCNCC1=O.Cl. The molecule has 42 heavy (non-hydrogen) atoms. The molecule has 2 heterocycles. The summed E-state index contributed by atoms with van der Waals surface area (Å²) < 4.78 is 34.0. The van der Waals surface area contributed by atoms with Crippen molar-refractivity contribution in [3.8, 4) is 5.75 Å². The maximum absolute atomic E-state index is 14.3. The summed E-state index contributed by atoms with van der Waals surface area (Å²) in [5.74, 6) is -0.283. The van der Waals surface area contributed by atoms with Gasteiger partial charge >= 0.3 is 6.03 Å². The molecule has 0 bridgehead atoms. The molecule has 0 spiro atoms. The molecule has 0 radical (unpaired) electrons. The normalized spacial score (nSPS) is 18.9. The third-order valence-corrected chi connectivity index (χ3v) is 7.40. The fraction of sp³-hybridized carbons (Fsp3) is 0.344. The molecule has 2 aliphatic rings. The van der Waals surface area contributed by atoms with Crippen LogP contribution in [0.3, 0.4) is 0 Å². The first kappa shape index (κ1) is 31.1. The lowest BCUT2D eigenvalue weighted by atomic mass is 9.86. The van der Waals surface area contributed by atoms with Gasteiger partial charge in [-0.05, 0) is 65.4 Å². The Morgan fingerprint density at radius 2 is 1.62 bits per heavy atom. The molecule has 0 unspecified atom stereocenters. The summed E-state index contributed by atoms with van der Waals surface area (Å²) in [6.45, 7) is 9.28. The topological polar surface area (TPSA) is 74.2 Å². The zero-order chi connectivity index (χ0) is 29.3. The van der Waals surface area contributed by atoms with E-state index < -0.39 is 29.7 Å². The van der Waals surface area contributed by atoms with Gasteiger partial charge in [0.05, 0.1) is 24.8 Å². The van der Waals surface area contributed by atoms with Crippen molar-refractivity contribution in [1.29, 1.82) is 0 Å². The molecule has 3 amide bonds. The summed E-state index contributed by atoms with van der Waals surface area (Å²) in [6, 6.07) is 15.8. The summed E-state index contributed by atoms with van der Waals surface area (Å²) in [7, 11) is 0. The van der Waals surface area contributed by atoms with E-state index >= 15 is 0 Å². The van der Waals surface area contributed by atoms with Crippen LogP contribution in [0.25, 0.3) is 0 Å². The molecule has 0 aromatic heterocycles. The third kappa shape index (κ3) is 6.17. The van der Waals surface area contributed by atoms with E-state index in [1.165, 1.54) is 34.1 Å². The van der Waals surface area contributed by atoms with Gasteiger partial charge in [-0.1, -0.05) is 51.1 Å². The fourth-order valence-electron chi connectivity index (χ4n) is 5.24. The smallest absolute Gasteiger partial charge is 0.333 e. The fourth-order valence-corrected chi connectivity index (χ4v) is 5.24. The van der Waals surface area contributed by atoms with E-state index in [1.54, 1.807) is 24.3 Å². The number of amidine groups is 1. The molecule has 2 atom stereocenters. The number of hydrogen-bond donors (Lipinski definition) is 1. The van der Waals surface area contributed by atoms with Gasteiger partial charge in [-0.15, -0.1) is 12.4 Å². The van der Waals surface area contributed by atoms with Crippen molar-refractivity contribution < 1.29 is 23.1 Å². The van der Waals surface area contributed by atoms with Crippen LogP contribution in [0.1, 0.15) is 62.0 Å². The van der Waals surface area contributed by atoms with Gasteiger partial charge < -0.3 is 10.1 Å². The zero-order valence-corrected chi connectivity index (χ0v) is 24.9. The number of benzene rings is 3. The highest BCUT2D eigenvalue weighted by Gasteiger charge is 2.46. The lowest BCUT2D eigenvalue weighted by Gasteiger charge is -2.35. The molecule has 3 aromatic rings. The van der Waals surface area contributed by atoms with Crippen LogP contribution in [-0.4, -0.2) is 53.8 Å². The predicted molar refractivity (Wildman–Crippen MR) is 160 cm³/mol. The molecule has 2 aliphatic heterocycles. The van der Waals surface area contributed by atoms with E-state index in [1.807, 2.05) is 25.1 Å². The largest absolute Gasteiger partial charge is 0.493 e. The number of rotatable bonds is 5. The second-order valence-corrected chi connectivity index (χ2v) is 11.2. The first-order chi connectivity index (χ1) is 19.6. The Bertz CT molecular complexity index is 1470. The van der Waals surface area contributed by atoms with Crippen molar-refractivity contribution in [1.82, 2.24) is 15.1 Å². The van der Waals surface area contributed by atoms with Gasteiger partial charge in [-0.3, -0.25) is 19.6 Å². The maximum atomic E-state index is 14.3. The van der Waals surface area contributed by atoms with Crippen LogP contribution in [0.4, 0.5) is 13.6 Å². The summed E-state index contributed by atoms with van der Waals surface area (Å²) >= 11 is 0. The minimum Gasteiger partial charge on any atom is -0.493 e. The number of piperazine rings is 1. The minimum absolute atomic E-state index is 0. The number of carbonyl (C=O) groups excluding carboxylic acids is 2. The average Bonchev–Trinajstić information content (AvgIpc) is 3.34. The number of nitrogens with zero attached hydrogens (tertiary/aromatic N) is 3. The van der Waals surface area contributed by atoms with E-state index in [-0.39, 0.29) is 36.8 Å². The number of halogens is 3. The van der Waals surface area contributed by atoms with Gasteiger partial charge in [-0.25, -0.2) is 13.6 Å². The van der Waals surface area contributed by atoms with Crippen molar-refractivity contribution in [3.63, 3.8) is 0 Å². The Morgan fingerprint density at radius 1 is 1.00 bits per heavy atom. The number of amides is 3. The van der Waals surface area contributed by atoms with Crippen LogP contribution in [0, 0.1) is 11.6 Å². The molecular formula is C32H35ClF2N4O3. The standard InChI is InChI=1S/C32H34F2N4O3.ClH/c1-5-41-26-18-22(32(2,3)4)10-15-25(26)30-36-28(20-6-11-23(33)12-7-20)29(21-8-13-24(34)14-9-21)38(30)31(40)37-17-16-35-19-27(37)39;/h6-15,18,28-29,35H,5,16-17,19H2,1-4H3;1H/t28-,29+;/m0./s1. The monoisotopic (exact) mass is 596 g/mol. The molecule has 0 saturated carbocycles. The molecule has 7 nitrogen and oxygen atoms in total. The van der Waals surface area contributed by atoms with E-state index in [0.717, 1.165) is 5.56 Å². The number of nitrogens with one attached hydrogen (secondary N) is 1. The highest BCUT2D eigenvalue weighted by Crippen LogP contribution is 2.45. The Balaban J connectivity index is 0.00000405. The third-order valence-electron chi connectivity index (χ3n) is 7.40. The zero-order valence-electron chi connectivity index (χ0n) is 24.1. The minimum atomic E-state index is -0.733. The summed E-state index contributed by atoms with van der Waals surface area (Å²) in [5.41, 5.74) is 2.78. The average molecular weight is 597 g/mol. The number of aliphatic imine (C=N–C) groups is 1. The summed E-state index contributed by atoms with van der Waals surface area (Å²) in [4.78, 5) is 35.0. The maximum Gasteiger partial charge on any atom is 0.333 e. The lowest BCUT2D eigenvalue weighted by Crippen LogP contribution is -2.56. The van der Waals surface area contributed by atoms with Gasteiger partial charge in [-0.2, -0.15) is 0 Å². The molecule has 10 heteroatoms. The second-order valence-electron chi connectivity index (χ2n) is 11.2. The quantitative estimate of drug-likeness (QED) is 0.382. The number of carbonyl (C=O) groups is 2. The van der Waals surface area contributed by atoms with Crippen LogP contribution < -0.4 is 10.1 Å². The Morgan fingerprint density at radius 3 is 2.19 bits per heavy atom. The predicted octanol–water partition coefficient (Wildman–Crippen LogP) is 6.18. The summed E-state index contributed by atoms with van der Waals surface area (Å²) in [5, 5.41) is 3.00. The van der Waals surface area contributed by atoms with E-state index in [4.69, 9.17) is 9.73 Å². The molecular weight excluding hydrogens is 562 g/mol. The van der Waals surface area contributed by atoms with Crippen LogP contribution in [0.15, 0.2) is 71.7 Å². The van der Waals surface area contributed by atoms with Crippen molar-refractivity contribution in [2.45, 2.75) is 45.2 Å². The van der Waals surface area contributed by atoms with Crippen LogP contribution in [0.2, 0.25) is 0 Å². The van der Waals surface area contributed by atoms with Crippen molar-refractivity contribution in [2.24, 2.45) is 4.99 Å². The Labute approximate surface area is 251 Å². The highest BCUT2D eigenvalue weighted by atomic mass is 35.5. The van der Waals surface area contributed by atoms with Gasteiger partial charge in [0.1, 0.15) is 29.3 Å². The Hall–Kier alpha value is -3.82. The van der Waals surface area contributed by atoms with Gasteiger partial charge in [0.15, 0.2) is 0 Å². The van der Waals surface area contributed by atoms with Gasteiger partial charge in [0.25, 0.3) is 0 Å². The second kappa shape index (κ2) is 12.6. The van der Waals surface area contributed by atoms with Crippen LogP contribution >= 0.6 is 12.4 Å². The molecule has 3 aromatic carbocycles.